The molecule has 0 fully saturated rings. The molecule has 0 atom stereocenters. The molecule has 3 N–H and O–H groups in total. The second-order valence-electron chi connectivity index (χ2n) is 2.65. The van der Waals surface area contributed by atoms with E-state index < -0.39 is 0 Å². The summed E-state index contributed by atoms with van der Waals surface area (Å²) in [6, 6.07) is 6.69. The van der Waals surface area contributed by atoms with Gasteiger partial charge in [0.05, 0.1) is 5.52 Å². The molecule has 0 saturated carbocycles. The molecular weight excluding hydrogens is 152 g/mol. The van der Waals surface area contributed by atoms with Crippen molar-refractivity contribution in [2.45, 2.75) is 0 Å². The zero-order chi connectivity index (χ0) is 8.55. The first-order valence-electron chi connectivity index (χ1n) is 3.64. The van der Waals surface area contributed by atoms with E-state index in [1.807, 2.05) is 0 Å². The second kappa shape index (κ2) is 2.37. The Balaban J connectivity index is 2.96. The van der Waals surface area contributed by atoms with Crippen LogP contribution < -0.4 is 11.2 Å². The zero-order valence-corrected chi connectivity index (χ0v) is 6.37. The molecule has 2 rings (SSSR count). The van der Waals surface area contributed by atoms with Crippen molar-refractivity contribution in [3.05, 3.63) is 40.7 Å². The zero-order valence-electron chi connectivity index (χ0n) is 6.37. The van der Waals surface area contributed by atoms with Gasteiger partial charge in [-0.1, -0.05) is 0 Å². The van der Waals surface area contributed by atoms with Gasteiger partial charge in [-0.3, -0.25) is 4.79 Å². The van der Waals surface area contributed by atoms with Crippen molar-refractivity contribution < 1.29 is 0 Å². The van der Waals surface area contributed by atoms with Crippen LogP contribution in [-0.4, -0.2) is 4.98 Å². The van der Waals surface area contributed by atoms with Gasteiger partial charge in [-0.2, -0.15) is 0 Å². The Kier molecular flexibility index (Phi) is 1.37. The maximum Gasteiger partial charge on any atom is 0.189 e. The number of nitrogen functional groups attached to an aromatic ring is 1. The molecule has 12 heavy (non-hydrogen) atoms. The van der Waals surface area contributed by atoms with Gasteiger partial charge in [-0.25, -0.2) is 0 Å². The second-order valence-corrected chi connectivity index (χ2v) is 2.65. The average Bonchev–Trinajstić information content (AvgIpc) is 2.04. The molecule has 3 heteroatoms. The molecule has 0 spiro atoms. The molecule has 0 aliphatic heterocycles. The maximum absolute atomic E-state index is 11.2. The fraction of sp³-hybridized carbons (Fsp3) is 0. The summed E-state index contributed by atoms with van der Waals surface area (Å²) in [6.07, 6.45) is 1.62. The van der Waals surface area contributed by atoms with Gasteiger partial charge in [0.25, 0.3) is 0 Å². The quantitative estimate of drug-likeness (QED) is 0.567. The molecule has 0 unspecified atom stereocenters. The number of pyridine rings is 1. The number of hydrogen-bond acceptors (Lipinski definition) is 2. The van der Waals surface area contributed by atoms with E-state index >= 15 is 0 Å². The van der Waals surface area contributed by atoms with Crippen LogP contribution in [0.15, 0.2) is 35.3 Å². The van der Waals surface area contributed by atoms with Crippen molar-refractivity contribution in [1.29, 1.82) is 0 Å². The number of hydrogen-bond donors (Lipinski definition) is 2. The van der Waals surface area contributed by atoms with Crippen LogP contribution in [0.2, 0.25) is 0 Å². The molecule has 1 heterocycles. The summed E-state index contributed by atoms with van der Waals surface area (Å²) in [5.41, 5.74) is 7.01. The summed E-state index contributed by atoms with van der Waals surface area (Å²) in [5, 5.41) is 0.673. The van der Waals surface area contributed by atoms with E-state index in [1.165, 1.54) is 6.07 Å². The van der Waals surface area contributed by atoms with Gasteiger partial charge < -0.3 is 10.7 Å². The maximum atomic E-state index is 11.2. The van der Waals surface area contributed by atoms with E-state index in [9.17, 15) is 4.79 Å². The standard InChI is InChI=1S/C9H8N2O/c10-6-1-2-7-8(5-6)11-4-3-9(7)12/h1-5H,10H2,(H,11,12). The topological polar surface area (TPSA) is 58.9 Å². The monoisotopic (exact) mass is 160 g/mol. The van der Waals surface area contributed by atoms with Crippen LogP contribution >= 0.6 is 0 Å². The Morgan fingerprint density at radius 1 is 1.25 bits per heavy atom. The highest BCUT2D eigenvalue weighted by Crippen LogP contribution is 2.10. The summed E-state index contributed by atoms with van der Waals surface area (Å²) in [6.45, 7) is 0. The largest absolute Gasteiger partial charge is 0.399 e. The molecule has 3 nitrogen and oxygen atoms in total. The average molecular weight is 160 g/mol. The van der Waals surface area contributed by atoms with Crippen molar-refractivity contribution in [1.82, 2.24) is 4.98 Å². The molecule has 2 aromatic rings. The number of nitrogens with one attached hydrogen (secondary N) is 1. The molecule has 0 aliphatic rings. The van der Waals surface area contributed by atoms with Crippen LogP contribution in [0.3, 0.4) is 0 Å². The van der Waals surface area contributed by atoms with Crippen molar-refractivity contribution in [2.24, 2.45) is 0 Å². The van der Waals surface area contributed by atoms with Gasteiger partial charge in [-0.05, 0) is 18.2 Å². The van der Waals surface area contributed by atoms with Gasteiger partial charge in [0.1, 0.15) is 0 Å². The minimum Gasteiger partial charge on any atom is -0.399 e. The third-order valence-corrected chi connectivity index (χ3v) is 1.78. The number of aromatic nitrogens is 1. The van der Waals surface area contributed by atoms with E-state index in [0.29, 0.717) is 11.1 Å². The lowest BCUT2D eigenvalue weighted by molar-refractivity contribution is 1.39. The summed E-state index contributed by atoms with van der Waals surface area (Å²) < 4.78 is 0. The number of rotatable bonds is 0. The first-order chi connectivity index (χ1) is 5.77. The highest BCUT2D eigenvalue weighted by Gasteiger charge is 1.96. The Bertz CT molecular complexity index is 473. The Morgan fingerprint density at radius 2 is 2.08 bits per heavy atom. The molecule has 1 aromatic heterocycles. The molecule has 0 radical (unpaired) electrons. The third-order valence-electron chi connectivity index (χ3n) is 1.78. The fourth-order valence-electron chi connectivity index (χ4n) is 1.19. The first kappa shape index (κ1) is 6.91. The molecule has 60 valence electrons. The number of anilines is 1. The summed E-state index contributed by atoms with van der Waals surface area (Å²) >= 11 is 0. The number of H-pyrrole nitrogens is 1. The summed E-state index contributed by atoms with van der Waals surface area (Å²) in [4.78, 5) is 14.2. The highest BCUT2D eigenvalue weighted by molar-refractivity contribution is 5.81. The third kappa shape index (κ3) is 0.955. The van der Waals surface area contributed by atoms with E-state index in [-0.39, 0.29) is 5.43 Å². The Hall–Kier alpha value is -1.77. The molecule has 0 bridgehead atoms. The first-order valence-corrected chi connectivity index (χ1v) is 3.64. The van der Waals surface area contributed by atoms with Gasteiger partial charge in [0, 0.05) is 23.3 Å². The van der Waals surface area contributed by atoms with Crippen molar-refractivity contribution in [3.8, 4) is 0 Å². The SMILES string of the molecule is Nc1ccc2c(=O)cc[nH]c2c1. The van der Waals surface area contributed by atoms with Gasteiger partial charge >= 0.3 is 0 Å². The van der Waals surface area contributed by atoms with E-state index in [0.717, 1.165) is 5.52 Å². The number of fused-ring (bicyclic) bond motifs is 1. The van der Waals surface area contributed by atoms with Crippen LogP contribution in [0, 0.1) is 0 Å². The molecular formula is C9H8N2O. The van der Waals surface area contributed by atoms with E-state index in [4.69, 9.17) is 5.73 Å². The number of nitrogens with two attached hydrogens (primary N) is 1. The fourth-order valence-corrected chi connectivity index (χ4v) is 1.19. The number of benzene rings is 1. The summed E-state index contributed by atoms with van der Waals surface area (Å²) in [5.74, 6) is 0. The van der Waals surface area contributed by atoms with E-state index in [2.05, 4.69) is 4.98 Å². The van der Waals surface area contributed by atoms with Crippen molar-refractivity contribution in [3.63, 3.8) is 0 Å². The van der Waals surface area contributed by atoms with Gasteiger partial charge in [0.2, 0.25) is 0 Å². The van der Waals surface area contributed by atoms with Crippen LogP contribution in [0.1, 0.15) is 0 Å². The molecule has 0 amide bonds. The van der Waals surface area contributed by atoms with Crippen LogP contribution in [0.5, 0.6) is 0 Å². The van der Waals surface area contributed by atoms with Crippen LogP contribution in [-0.2, 0) is 0 Å². The Morgan fingerprint density at radius 3 is 2.92 bits per heavy atom. The summed E-state index contributed by atoms with van der Waals surface area (Å²) in [7, 11) is 0. The van der Waals surface area contributed by atoms with E-state index in [1.54, 1.807) is 24.4 Å². The van der Waals surface area contributed by atoms with Crippen molar-refractivity contribution >= 4 is 16.6 Å². The number of aromatic amines is 1. The predicted octanol–water partition coefficient (Wildman–Crippen LogP) is 1.11. The molecule has 0 aliphatic carbocycles. The minimum absolute atomic E-state index is 0.0174. The highest BCUT2D eigenvalue weighted by atomic mass is 16.1. The Labute approximate surface area is 68.8 Å². The minimum atomic E-state index is 0.0174. The van der Waals surface area contributed by atoms with Crippen LogP contribution in [0.4, 0.5) is 5.69 Å². The van der Waals surface area contributed by atoms with Crippen LogP contribution in [0.25, 0.3) is 10.9 Å². The molecule has 0 saturated heterocycles. The van der Waals surface area contributed by atoms with Gasteiger partial charge in [0.15, 0.2) is 5.43 Å². The lowest BCUT2D eigenvalue weighted by Crippen LogP contribution is -2.00. The smallest absolute Gasteiger partial charge is 0.189 e. The molecule has 1 aromatic carbocycles. The normalized spacial score (nSPS) is 10.3. The van der Waals surface area contributed by atoms with Gasteiger partial charge in [-0.15, -0.1) is 0 Å². The van der Waals surface area contributed by atoms with Crippen molar-refractivity contribution in [2.75, 3.05) is 5.73 Å². The lowest BCUT2D eigenvalue weighted by atomic mass is 10.2. The lowest BCUT2D eigenvalue weighted by Gasteiger charge is -1.96. The predicted molar refractivity (Wildman–Crippen MR) is 49.0 cm³/mol.